The predicted molar refractivity (Wildman–Crippen MR) is 82.4 cm³/mol. The summed E-state index contributed by atoms with van der Waals surface area (Å²) in [5.41, 5.74) is -0.0179. The molecule has 0 N–H and O–H groups in total. The molecule has 0 amide bonds. The first-order chi connectivity index (χ1) is 9.21. The standard InChI is InChI=1S/C12H4Cl3F3IN/c13-7-3-1-5(9(14)10(7)15)6-2-4-8(12(16,17)18)20-11(6)19/h1-4H. The summed E-state index contributed by atoms with van der Waals surface area (Å²) in [6, 6.07) is 5.32. The number of rotatable bonds is 1. The molecule has 0 aliphatic carbocycles. The van der Waals surface area contributed by atoms with Crippen LogP contribution in [-0.2, 0) is 6.18 Å². The van der Waals surface area contributed by atoms with Crippen LogP contribution in [-0.4, -0.2) is 4.98 Å². The second-order valence-corrected chi connectivity index (χ2v) is 5.94. The Bertz CT molecular complexity index is 674. The molecule has 0 radical (unpaired) electrons. The number of halogens is 7. The molecule has 0 spiro atoms. The van der Waals surface area contributed by atoms with E-state index in [2.05, 4.69) is 4.98 Å². The number of nitrogens with zero attached hydrogens (tertiary/aromatic N) is 1. The zero-order valence-electron chi connectivity index (χ0n) is 9.40. The molecular weight excluding hydrogens is 448 g/mol. The van der Waals surface area contributed by atoms with Crippen LogP contribution in [0.2, 0.25) is 15.1 Å². The van der Waals surface area contributed by atoms with Gasteiger partial charge in [0.2, 0.25) is 0 Å². The van der Waals surface area contributed by atoms with Gasteiger partial charge in [0.1, 0.15) is 9.39 Å². The summed E-state index contributed by atoms with van der Waals surface area (Å²) in [5, 5.41) is 0.607. The average Bonchev–Trinajstić information content (AvgIpc) is 2.36. The number of hydrogen-bond acceptors (Lipinski definition) is 1. The lowest BCUT2D eigenvalue weighted by molar-refractivity contribution is -0.141. The molecule has 0 bridgehead atoms. The third-order valence-electron chi connectivity index (χ3n) is 2.46. The molecule has 8 heteroatoms. The van der Waals surface area contributed by atoms with Gasteiger partial charge in [-0.2, -0.15) is 13.2 Å². The molecule has 0 fully saturated rings. The Hall–Kier alpha value is -0.240. The fourth-order valence-electron chi connectivity index (χ4n) is 1.53. The highest BCUT2D eigenvalue weighted by Crippen LogP contribution is 2.40. The lowest BCUT2D eigenvalue weighted by atomic mass is 10.1. The smallest absolute Gasteiger partial charge is 0.237 e. The third-order valence-corrected chi connectivity index (χ3v) is 4.58. The Morgan fingerprint density at radius 1 is 0.900 bits per heavy atom. The number of hydrogen-bond donors (Lipinski definition) is 0. The maximum Gasteiger partial charge on any atom is 0.433 e. The molecule has 1 heterocycles. The molecule has 0 unspecified atom stereocenters. The zero-order chi connectivity index (χ0) is 15.1. The fourth-order valence-corrected chi connectivity index (χ4v) is 2.89. The van der Waals surface area contributed by atoms with Crippen molar-refractivity contribution in [3.05, 3.63) is 48.7 Å². The van der Waals surface area contributed by atoms with Gasteiger partial charge in [0.25, 0.3) is 0 Å². The molecule has 2 rings (SSSR count). The van der Waals surface area contributed by atoms with E-state index in [4.69, 9.17) is 34.8 Å². The van der Waals surface area contributed by atoms with Gasteiger partial charge in [0, 0.05) is 11.1 Å². The van der Waals surface area contributed by atoms with Crippen LogP contribution in [0.1, 0.15) is 5.69 Å². The Balaban J connectivity index is 2.58. The lowest BCUT2D eigenvalue weighted by Crippen LogP contribution is -2.09. The van der Waals surface area contributed by atoms with Crippen molar-refractivity contribution in [3.63, 3.8) is 0 Å². The van der Waals surface area contributed by atoms with Crippen LogP contribution in [0.5, 0.6) is 0 Å². The van der Waals surface area contributed by atoms with Gasteiger partial charge < -0.3 is 0 Å². The van der Waals surface area contributed by atoms with E-state index in [1.807, 2.05) is 0 Å². The molecule has 2 aromatic rings. The molecule has 1 aromatic carbocycles. The molecule has 0 aliphatic heterocycles. The largest absolute Gasteiger partial charge is 0.433 e. The number of pyridine rings is 1. The highest BCUT2D eigenvalue weighted by molar-refractivity contribution is 14.1. The minimum absolute atomic E-state index is 0.154. The summed E-state index contributed by atoms with van der Waals surface area (Å²) in [5.74, 6) is 0. The molecule has 0 saturated carbocycles. The van der Waals surface area contributed by atoms with Crippen LogP contribution >= 0.6 is 57.4 Å². The Labute approximate surface area is 141 Å². The summed E-state index contributed by atoms with van der Waals surface area (Å²) in [4.78, 5) is 3.54. The zero-order valence-corrected chi connectivity index (χ0v) is 13.8. The summed E-state index contributed by atoms with van der Waals surface area (Å²) in [6.07, 6.45) is -4.49. The van der Waals surface area contributed by atoms with Crippen molar-refractivity contribution in [2.45, 2.75) is 6.18 Å². The molecule has 106 valence electrons. The maximum atomic E-state index is 12.6. The number of benzene rings is 1. The Morgan fingerprint density at radius 2 is 1.50 bits per heavy atom. The first kappa shape index (κ1) is 16.1. The number of aromatic nitrogens is 1. The summed E-state index contributed by atoms with van der Waals surface area (Å²) in [6.45, 7) is 0. The van der Waals surface area contributed by atoms with Gasteiger partial charge in [-0.15, -0.1) is 0 Å². The monoisotopic (exact) mass is 451 g/mol. The predicted octanol–water partition coefficient (Wildman–Crippen LogP) is 6.33. The molecule has 1 nitrogen and oxygen atoms in total. The van der Waals surface area contributed by atoms with Crippen LogP contribution < -0.4 is 0 Å². The van der Waals surface area contributed by atoms with Gasteiger partial charge in [-0.05, 0) is 40.8 Å². The SMILES string of the molecule is FC(F)(F)c1ccc(-c2ccc(Cl)c(Cl)c2Cl)c(I)n1. The van der Waals surface area contributed by atoms with E-state index in [9.17, 15) is 13.2 Å². The first-order valence-corrected chi connectivity index (χ1v) is 7.30. The second kappa shape index (κ2) is 5.87. The second-order valence-electron chi connectivity index (χ2n) is 3.76. The fraction of sp³-hybridized carbons (Fsp3) is 0.0833. The van der Waals surface area contributed by atoms with Gasteiger partial charge in [-0.3, -0.25) is 0 Å². The highest BCUT2D eigenvalue weighted by Gasteiger charge is 2.33. The van der Waals surface area contributed by atoms with E-state index in [-0.39, 0.29) is 18.8 Å². The maximum absolute atomic E-state index is 12.6. The van der Waals surface area contributed by atoms with E-state index in [0.717, 1.165) is 6.07 Å². The highest BCUT2D eigenvalue weighted by atomic mass is 127. The quantitative estimate of drug-likeness (QED) is 0.280. The molecule has 0 saturated heterocycles. The van der Waals surface area contributed by atoms with Gasteiger partial charge in [-0.1, -0.05) is 40.9 Å². The summed E-state index contributed by atoms with van der Waals surface area (Å²) >= 11 is 19.5. The molecule has 0 atom stereocenters. The van der Waals surface area contributed by atoms with Crippen molar-refractivity contribution in [2.24, 2.45) is 0 Å². The molecule has 0 aliphatic rings. The normalized spacial score (nSPS) is 11.8. The van der Waals surface area contributed by atoms with Crippen molar-refractivity contribution in [1.29, 1.82) is 0 Å². The van der Waals surface area contributed by atoms with Crippen molar-refractivity contribution < 1.29 is 13.2 Å². The van der Waals surface area contributed by atoms with E-state index in [0.29, 0.717) is 11.1 Å². The van der Waals surface area contributed by atoms with Crippen LogP contribution in [0.3, 0.4) is 0 Å². The van der Waals surface area contributed by atoms with Crippen LogP contribution in [0.4, 0.5) is 13.2 Å². The first-order valence-electron chi connectivity index (χ1n) is 5.09. The average molecular weight is 452 g/mol. The summed E-state index contributed by atoms with van der Waals surface area (Å²) in [7, 11) is 0. The van der Waals surface area contributed by atoms with Crippen LogP contribution in [0.25, 0.3) is 11.1 Å². The van der Waals surface area contributed by atoms with Crippen molar-refractivity contribution in [3.8, 4) is 11.1 Å². The topological polar surface area (TPSA) is 12.9 Å². The minimum atomic E-state index is -4.49. The molecule has 20 heavy (non-hydrogen) atoms. The van der Waals surface area contributed by atoms with E-state index in [1.54, 1.807) is 28.7 Å². The minimum Gasteiger partial charge on any atom is -0.237 e. The van der Waals surface area contributed by atoms with Gasteiger partial charge in [0.05, 0.1) is 15.1 Å². The van der Waals surface area contributed by atoms with E-state index in [1.165, 1.54) is 12.1 Å². The van der Waals surface area contributed by atoms with Crippen molar-refractivity contribution in [1.82, 2.24) is 4.98 Å². The Morgan fingerprint density at radius 3 is 2.05 bits per heavy atom. The summed E-state index contributed by atoms with van der Waals surface area (Å²) < 4.78 is 37.9. The van der Waals surface area contributed by atoms with E-state index < -0.39 is 11.9 Å². The lowest BCUT2D eigenvalue weighted by Gasteiger charge is -2.11. The van der Waals surface area contributed by atoms with Gasteiger partial charge in [0.15, 0.2) is 0 Å². The van der Waals surface area contributed by atoms with Crippen molar-refractivity contribution in [2.75, 3.05) is 0 Å². The van der Waals surface area contributed by atoms with Crippen molar-refractivity contribution >= 4 is 57.4 Å². The number of alkyl halides is 3. The van der Waals surface area contributed by atoms with Gasteiger partial charge >= 0.3 is 6.18 Å². The Kier molecular flexibility index (Phi) is 4.73. The van der Waals surface area contributed by atoms with Gasteiger partial charge in [-0.25, -0.2) is 4.98 Å². The van der Waals surface area contributed by atoms with Crippen LogP contribution in [0.15, 0.2) is 24.3 Å². The molecular formula is C12H4Cl3F3IN. The van der Waals surface area contributed by atoms with E-state index >= 15 is 0 Å². The van der Waals surface area contributed by atoms with Crippen LogP contribution in [0, 0.1) is 3.70 Å². The molecule has 1 aromatic heterocycles. The third kappa shape index (κ3) is 3.16.